The van der Waals surface area contributed by atoms with E-state index in [1.54, 1.807) is 36.4 Å². The quantitative estimate of drug-likeness (QED) is 0.684. The highest BCUT2D eigenvalue weighted by molar-refractivity contribution is 5.97. The minimum Gasteiger partial charge on any atom is -0.339 e. The number of aryl methyl sites for hydroxylation is 1. The Morgan fingerprint density at radius 2 is 1.92 bits per heavy atom. The first kappa shape index (κ1) is 17.5. The highest BCUT2D eigenvalue weighted by Crippen LogP contribution is 2.17. The Hall–Kier alpha value is -3.35. The largest absolute Gasteiger partial charge is 0.339 e. The highest BCUT2D eigenvalue weighted by atomic mass is 19.1. The van der Waals surface area contributed by atoms with Crippen molar-refractivity contribution in [3.8, 4) is 11.4 Å². The number of ketones is 1. The smallest absolute Gasteiger partial charge is 0.227 e. The normalized spacial score (nSPS) is 10.5. The molecule has 0 saturated heterocycles. The molecule has 0 fully saturated rings. The minimum absolute atomic E-state index is 0.0692. The van der Waals surface area contributed by atoms with Crippen molar-refractivity contribution in [1.29, 1.82) is 0 Å². The van der Waals surface area contributed by atoms with E-state index in [0.29, 0.717) is 28.5 Å². The van der Waals surface area contributed by atoms with Gasteiger partial charge in [0.2, 0.25) is 17.6 Å². The zero-order valence-corrected chi connectivity index (χ0v) is 14.0. The van der Waals surface area contributed by atoms with Gasteiger partial charge in [0, 0.05) is 29.7 Å². The molecule has 0 aliphatic carbocycles. The van der Waals surface area contributed by atoms with E-state index in [1.807, 2.05) is 0 Å². The van der Waals surface area contributed by atoms with Crippen LogP contribution in [0.3, 0.4) is 0 Å². The van der Waals surface area contributed by atoms with Gasteiger partial charge in [-0.25, -0.2) is 4.39 Å². The van der Waals surface area contributed by atoms with E-state index in [4.69, 9.17) is 4.52 Å². The molecule has 7 heteroatoms. The summed E-state index contributed by atoms with van der Waals surface area (Å²) in [7, 11) is 0. The maximum Gasteiger partial charge on any atom is 0.227 e. The second kappa shape index (κ2) is 7.69. The number of amides is 1. The first-order valence-electron chi connectivity index (χ1n) is 8.00. The van der Waals surface area contributed by atoms with Gasteiger partial charge < -0.3 is 9.84 Å². The number of benzene rings is 2. The lowest BCUT2D eigenvalue weighted by Crippen LogP contribution is -2.12. The molecule has 1 N–H and O–H groups in total. The van der Waals surface area contributed by atoms with Gasteiger partial charge in [0.15, 0.2) is 5.78 Å². The Balaban J connectivity index is 1.57. The lowest BCUT2D eigenvalue weighted by molar-refractivity contribution is -0.116. The average Bonchev–Trinajstić information content (AvgIpc) is 3.10. The second-order valence-electron chi connectivity index (χ2n) is 5.70. The molecular formula is C19H16FN3O3. The van der Waals surface area contributed by atoms with Crippen molar-refractivity contribution in [1.82, 2.24) is 10.1 Å². The molecule has 0 atom stereocenters. The van der Waals surface area contributed by atoms with Crippen molar-refractivity contribution in [3.05, 3.63) is 65.8 Å². The highest BCUT2D eigenvalue weighted by Gasteiger charge is 2.11. The predicted molar refractivity (Wildman–Crippen MR) is 93.1 cm³/mol. The molecule has 0 unspecified atom stereocenters. The van der Waals surface area contributed by atoms with Crippen molar-refractivity contribution in [3.63, 3.8) is 0 Å². The molecule has 2 aromatic carbocycles. The van der Waals surface area contributed by atoms with Crippen molar-refractivity contribution >= 4 is 17.4 Å². The van der Waals surface area contributed by atoms with Gasteiger partial charge in [-0.05, 0) is 43.3 Å². The summed E-state index contributed by atoms with van der Waals surface area (Å²) < 4.78 is 18.1. The fourth-order valence-electron chi connectivity index (χ4n) is 2.33. The van der Waals surface area contributed by atoms with Crippen LogP contribution in [0.1, 0.15) is 29.6 Å². The maximum absolute atomic E-state index is 12.9. The zero-order valence-electron chi connectivity index (χ0n) is 14.0. The monoisotopic (exact) mass is 353 g/mol. The summed E-state index contributed by atoms with van der Waals surface area (Å²) in [5.41, 5.74) is 1.72. The molecule has 0 radical (unpaired) electrons. The van der Waals surface area contributed by atoms with E-state index in [-0.39, 0.29) is 30.3 Å². The lowest BCUT2D eigenvalue weighted by Gasteiger charge is -2.05. The lowest BCUT2D eigenvalue weighted by atomic mass is 10.1. The Kier molecular flexibility index (Phi) is 5.17. The molecule has 1 aromatic heterocycles. The van der Waals surface area contributed by atoms with Crippen LogP contribution in [0, 0.1) is 5.82 Å². The summed E-state index contributed by atoms with van der Waals surface area (Å²) in [6.07, 6.45) is 0.418. The van der Waals surface area contributed by atoms with E-state index < -0.39 is 0 Å². The topological polar surface area (TPSA) is 85.1 Å². The van der Waals surface area contributed by atoms with Crippen molar-refractivity contribution in [2.75, 3.05) is 5.32 Å². The summed E-state index contributed by atoms with van der Waals surface area (Å²) >= 11 is 0. The molecular weight excluding hydrogens is 337 g/mol. The van der Waals surface area contributed by atoms with Crippen LogP contribution in [-0.2, 0) is 11.2 Å². The Labute approximate surface area is 149 Å². The average molecular weight is 353 g/mol. The van der Waals surface area contributed by atoms with Gasteiger partial charge >= 0.3 is 0 Å². The second-order valence-corrected chi connectivity index (χ2v) is 5.70. The molecule has 1 amide bonds. The number of halogens is 1. The number of carbonyl (C=O) groups excluding carboxylic acids is 2. The van der Waals surface area contributed by atoms with Crippen LogP contribution in [-0.4, -0.2) is 21.8 Å². The Morgan fingerprint density at radius 3 is 2.65 bits per heavy atom. The van der Waals surface area contributed by atoms with Crippen molar-refractivity contribution < 1.29 is 18.5 Å². The van der Waals surface area contributed by atoms with Crippen molar-refractivity contribution in [2.45, 2.75) is 19.8 Å². The number of aromatic nitrogens is 2. The van der Waals surface area contributed by atoms with Gasteiger partial charge in [0.25, 0.3) is 0 Å². The SMILES string of the molecule is CC(=O)c1cccc(NC(=O)CCc2nc(-c3ccc(F)cc3)no2)c1. The number of hydrogen-bond donors (Lipinski definition) is 1. The third-order valence-corrected chi connectivity index (χ3v) is 3.69. The number of nitrogens with zero attached hydrogens (tertiary/aromatic N) is 2. The fourth-order valence-corrected chi connectivity index (χ4v) is 2.33. The molecule has 0 spiro atoms. The first-order chi connectivity index (χ1) is 12.5. The van der Waals surface area contributed by atoms with E-state index in [0.717, 1.165) is 0 Å². The number of anilines is 1. The third kappa shape index (κ3) is 4.38. The van der Waals surface area contributed by atoms with Crippen LogP contribution in [0.5, 0.6) is 0 Å². The fraction of sp³-hybridized carbons (Fsp3) is 0.158. The number of hydrogen-bond acceptors (Lipinski definition) is 5. The molecule has 6 nitrogen and oxygen atoms in total. The summed E-state index contributed by atoms with van der Waals surface area (Å²) in [4.78, 5) is 27.6. The molecule has 26 heavy (non-hydrogen) atoms. The third-order valence-electron chi connectivity index (χ3n) is 3.69. The number of Topliss-reactive ketones (excluding diaryl/α,β-unsaturated/α-hetero) is 1. The standard InChI is InChI=1S/C19H16FN3O3/c1-12(24)14-3-2-4-16(11-14)21-17(25)9-10-18-22-19(23-26-18)13-5-7-15(20)8-6-13/h2-8,11H,9-10H2,1H3,(H,21,25). The zero-order chi connectivity index (χ0) is 18.5. The van der Waals surface area contributed by atoms with Gasteiger partial charge in [-0.2, -0.15) is 4.98 Å². The van der Waals surface area contributed by atoms with Crippen LogP contribution in [0.25, 0.3) is 11.4 Å². The Bertz CT molecular complexity index is 935. The van der Waals surface area contributed by atoms with Gasteiger partial charge in [0.1, 0.15) is 5.82 Å². The van der Waals surface area contributed by atoms with Gasteiger partial charge in [0.05, 0.1) is 0 Å². The molecule has 3 aromatic rings. The van der Waals surface area contributed by atoms with Crippen LogP contribution < -0.4 is 5.32 Å². The van der Waals surface area contributed by atoms with Crippen LogP contribution in [0.4, 0.5) is 10.1 Å². The number of carbonyl (C=O) groups is 2. The van der Waals surface area contributed by atoms with E-state index in [9.17, 15) is 14.0 Å². The molecule has 0 aliphatic rings. The molecule has 0 aliphatic heterocycles. The number of nitrogens with one attached hydrogen (secondary N) is 1. The minimum atomic E-state index is -0.344. The summed E-state index contributed by atoms with van der Waals surface area (Å²) in [5.74, 6) is 0.0158. The maximum atomic E-state index is 12.9. The van der Waals surface area contributed by atoms with E-state index in [1.165, 1.54) is 19.1 Å². The van der Waals surface area contributed by atoms with Crippen LogP contribution in [0.2, 0.25) is 0 Å². The summed E-state index contributed by atoms with van der Waals surface area (Å²) in [5, 5.41) is 6.56. The first-order valence-corrected chi connectivity index (χ1v) is 8.00. The van der Waals surface area contributed by atoms with Gasteiger partial charge in [-0.15, -0.1) is 0 Å². The van der Waals surface area contributed by atoms with Crippen LogP contribution >= 0.6 is 0 Å². The molecule has 0 saturated carbocycles. The number of rotatable bonds is 6. The molecule has 0 bridgehead atoms. The van der Waals surface area contributed by atoms with Gasteiger partial charge in [-0.1, -0.05) is 17.3 Å². The van der Waals surface area contributed by atoms with Crippen LogP contribution in [0.15, 0.2) is 53.1 Å². The Morgan fingerprint density at radius 1 is 1.15 bits per heavy atom. The van der Waals surface area contributed by atoms with Gasteiger partial charge in [-0.3, -0.25) is 9.59 Å². The van der Waals surface area contributed by atoms with Crippen molar-refractivity contribution in [2.24, 2.45) is 0 Å². The van der Waals surface area contributed by atoms with E-state index >= 15 is 0 Å². The molecule has 1 heterocycles. The van der Waals surface area contributed by atoms with E-state index in [2.05, 4.69) is 15.5 Å². The summed E-state index contributed by atoms with van der Waals surface area (Å²) in [6.45, 7) is 1.47. The predicted octanol–water partition coefficient (Wildman–Crippen LogP) is 3.65. The summed E-state index contributed by atoms with van der Waals surface area (Å²) in [6, 6.07) is 12.5. The molecule has 3 rings (SSSR count). The molecule has 132 valence electrons.